The number of nitrogens with zero attached hydrogens (tertiary/aromatic N) is 1. The summed E-state index contributed by atoms with van der Waals surface area (Å²) in [6.07, 6.45) is 0. The summed E-state index contributed by atoms with van der Waals surface area (Å²) in [4.78, 5) is 13.7. The molecule has 1 amide bonds. The van der Waals surface area contributed by atoms with Crippen LogP contribution < -0.4 is 5.32 Å². The van der Waals surface area contributed by atoms with E-state index in [0.717, 1.165) is 11.3 Å². The molecule has 0 bridgehead atoms. The Morgan fingerprint density at radius 1 is 1.10 bits per heavy atom. The van der Waals surface area contributed by atoms with Gasteiger partial charge in [0.25, 0.3) is 0 Å². The summed E-state index contributed by atoms with van der Waals surface area (Å²) in [5.74, 6) is 0.0452. The second kappa shape index (κ2) is 6.96. The van der Waals surface area contributed by atoms with Crippen LogP contribution >= 0.6 is 11.6 Å². The number of amides is 1. The Morgan fingerprint density at radius 3 is 2.40 bits per heavy atom. The number of halogens is 1. The van der Waals surface area contributed by atoms with Gasteiger partial charge in [-0.3, -0.25) is 4.79 Å². The van der Waals surface area contributed by atoms with Crippen molar-refractivity contribution in [2.45, 2.75) is 6.54 Å². The maximum Gasteiger partial charge on any atom is 0.241 e. The first-order valence-electron chi connectivity index (χ1n) is 6.42. The first-order chi connectivity index (χ1) is 9.65. The first-order valence-corrected chi connectivity index (χ1v) is 6.80. The van der Waals surface area contributed by atoms with Gasteiger partial charge in [-0.05, 0) is 29.8 Å². The molecule has 0 aliphatic rings. The molecule has 0 aliphatic heterocycles. The maximum atomic E-state index is 12.0. The van der Waals surface area contributed by atoms with Gasteiger partial charge >= 0.3 is 0 Å². The van der Waals surface area contributed by atoms with Gasteiger partial charge in [0.15, 0.2) is 0 Å². The number of carbonyl (C=O) groups excluding carboxylic acids is 1. The molecule has 2 rings (SSSR count). The van der Waals surface area contributed by atoms with Crippen LogP contribution in [-0.4, -0.2) is 24.4 Å². The summed E-state index contributed by atoms with van der Waals surface area (Å²) in [6, 6.07) is 17.2. The molecule has 2 aromatic carbocycles. The molecule has 2 aromatic rings. The minimum atomic E-state index is 0.0452. The van der Waals surface area contributed by atoms with E-state index >= 15 is 0 Å². The van der Waals surface area contributed by atoms with Gasteiger partial charge in [0.1, 0.15) is 0 Å². The number of likely N-dealkylation sites (N-methyl/N-ethyl adjacent to an activating group) is 1. The van der Waals surface area contributed by atoms with Gasteiger partial charge in [0, 0.05) is 24.3 Å². The van der Waals surface area contributed by atoms with Gasteiger partial charge < -0.3 is 10.2 Å². The zero-order valence-corrected chi connectivity index (χ0v) is 12.1. The van der Waals surface area contributed by atoms with E-state index in [9.17, 15) is 4.79 Å². The Balaban J connectivity index is 1.83. The second-order valence-corrected chi connectivity index (χ2v) is 5.03. The smallest absolute Gasteiger partial charge is 0.241 e. The third-order valence-electron chi connectivity index (χ3n) is 2.98. The summed E-state index contributed by atoms with van der Waals surface area (Å²) >= 11 is 5.81. The lowest BCUT2D eigenvalue weighted by atomic mass is 10.2. The molecule has 0 unspecified atom stereocenters. The summed E-state index contributed by atoms with van der Waals surface area (Å²) in [7, 11) is 1.80. The normalized spacial score (nSPS) is 10.1. The Morgan fingerprint density at radius 2 is 1.75 bits per heavy atom. The number of benzene rings is 2. The third-order valence-corrected chi connectivity index (χ3v) is 3.23. The van der Waals surface area contributed by atoms with Crippen molar-refractivity contribution in [1.29, 1.82) is 0 Å². The molecule has 4 heteroatoms. The lowest BCUT2D eigenvalue weighted by Gasteiger charge is -2.18. The predicted molar refractivity (Wildman–Crippen MR) is 82.9 cm³/mol. The molecule has 0 aliphatic carbocycles. The van der Waals surface area contributed by atoms with Gasteiger partial charge in [-0.15, -0.1) is 0 Å². The number of hydrogen-bond donors (Lipinski definition) is 1. The number of nitrogens with one attached hydrogen (secondary N) is 1. The second-order valence-electron chi connectivity index (χ2n) is 4.60. The number of hydrogen-bond acceptors (Lipinski definition) is 2. The number of anilines is 1. The lowest BCUT2D eigenvalue weighted by molar-refractivity contribution is -0.128. The maximum absolute atomic E-state index is 12.0. The summed E-state index contributed by atoms with van der Waals surface area (Å²) in [5.41, 5.74) is 2.01. The average molecular weight is 289 g/mol. The fourth-order valence-electron chi connectivity index (χ4n) is 1.83. The molecule has 0 saturated carbocycles. The quantitative estimate of drug-likeness (QED) is 0.914. The van der Waals surface area contributed by atoms with E-state index in [0.29, 0.717) is 11.6 Å². The van der Waals surface area contributed by atoms with Crippen molar-refractivity contribution in [3.63, 3.8) is 0 Å². The zero-order chi connectivity index (χ0) is 14.4. The highest BCUT2D eigenvalue weighted by Gasteiger charge is 2.08. The summed E-state index contributed by atoms with van der Waals surface area (Å²) in [6.45, 7) is 0.882. The Bertz CT molecular complexity index is 554. The Labute approximate surface area is 124 Å². The van der Waals surface area contributed by atoms with Crippen LogP contribution in [0.1, 0.15) is 5.56 Å². The summed E-state index contributed by atoms with van der Waals surface area (Å²) in [5, 5.41) is 3.77. The SMILES string of the molecule is CN(Cc1ccccc1)C(=O)CNc1ccc(Cl)cc1. The first kappa shape index (κ1) is 14.4. The van der Waals surface area contributed by atoms with Crippen molar-refractivity contribution in [1.82, 2.24) is 4.90 Å². The van der Waals surface area contributed by atoms with E-state index in [1.54, 1.807) is 24.1 Å². The van der Waals surface area contributed by atoms with Crippen LogP contribution in [0.4, 0.5) is 5.69 Å². The minimum absolute atomic E-state index is 0.0452. The Hall–Kier alpha value is -2.00. The molecule has 0 aromatic heterocycles. The van der Waals surface area contributed by atoms with Gasteiger partial charge in [-0.2, -0.15) is 0 Å². The fraction of sp³-hybridized carbons (Fsp3) is 0.188. The van der Waals surface area contributed by atoms with Crippen molar-refractivity contribution >= 4 is 23.2 Å². The highest BCUT2D eigenvalue weighted by molar-refractivity contribution is 6.30. The van der Waals surface area contributed by atoms with Crippen LogP contribution in [0.5, 0.6) is 0 Å². The van der Waals surface area contributed by atoms with E-state index in [4.69, 9.17) is 11.6 Å². The van der Waals surface area contributed by atoms with Crippen LogP contribution in [-0.2, 0) is 11.3 Å². The van der Waals surface area contributed by atoms with Crippen LogP contribution in [0.2, 0.25) is 5.02 Å². The predicted octanol–water partition coefficient (Wildman–Crippen LogP) is 3.41. The Kier molecular flexibility index (Phi) is 5.02. The molecule has 3 nitrogen and oxygen atoms in total. The molecule has 0 radical (unpaired) electrons. The standard InChI is InChI=1S/C16H17ClN2O/c1-19(12-13-5-3-2-4-6-13)16(20)11-18-15-9-7-14(17)8-10-15/h2-10,18H,11-12H2,1H3. The van der Waals surface area contributed by atoms with E-state index in [1.807, 2.05) is 42.5 Å². The molecule has 0 fully saturated rings. The molecule has 0 saturated heterocycles. The highest BCUT2D eigenvalue weighted by Crippen LogP contribution is 2.13. The molecule has 1 N–H and O–H groups in total. The van der Waals surface area contributed by atoms with E-state index in [2.05, 4.69) is 5.32 Å². The molecular weight excluding hydrogens is 272 g/mol. The van der Waals surface area contributed by atoms with Crippen LogP contribution in [0.3, 0.4) is 0 Å². The largest absolute Gasteiger partial charge is 0.376 e. The van der Waals surface area contributed by atoms with E-state index in [-0.39, 0.29) is 12.5 Å². The van der Waals surface area contributed by atoms with Crippen LogP contribution in [0.15, 0.2) is 54.6 Å². The fourth-order valence-corrected chi connectivity index (χ4v) is 1.95. The molecular formula is C16H17ClN2O. The van der Waals surface area contributed by atoms with Crippen LogP contribution in [0.25, 0.3) is 0 Å². The van der Waals surface area contributed by atoms with E-state index in [1.165, 1.54) is 0 Å². The molecule has 104 valence electrons. The van der Waals surface area contributed by atoms with Crippen molar-refractivity contribution in [2.24, 2.45) is 0 Å². The van der Waals surface area contributed by atoms with Gasteiger partial charge in [-0.1, -0.05) is 41.9 Å². The van der Waals surface area contributed by atoms with Crippen molar-refractivity contribution in [3.8, 4) is 0 Å². The number of carbonyl (C=O) groups is 1. The highest BCUT2D eigenvalue weighted by atomic mass is 35.5. The lowest BCUT2D eigenvalue weighted by Crippen LogP contribution is -2.31. The summed E-state index contributed by atoms with van der Waals surface area (Å²) < 4.78 is 0. The van der Waals surface area contributed by atoms with E-state index < -0.39 is 0 Å². The van der Waals surface area contributed by atoms with Crippen LogP contribution in [0, 0.1) is 0 Å². The molecule has 20 heavy (non-hydrogen) atoms. The topological polar surface area (TPSA) is 32.3 Å². The molecule has 0 spiro atoms. The molecule has 0 atom stereocenters. The average Bonchev–Trinajstić information content (AvgIpc) is 2.47. The van der Waals surface area contributed by atoms with Crippen molar-refractivity contribution in [3.05, 3.63) is 65.2 Å². The van der Waals surface area contributed by atoms with Gasteiger partial charge in [-0.25, -0.2) is 0 Å². The molecule has 0 heterocycles. The van der Waals surface area contributed by atoms with Gasteiger partial charge in [0.05, 0.1) is 6.54 Å². The minimum Gasteiger partial charge on any atom is -0.376 e. The monoisotopic (exact) mass is 288 g/mol. The van der Waals surface area contributed by atoms with Crippen molar-refractivity contribution < 1.29 is 4.79 Å². The van der Waals surface area contributed by atoms with Crippen molar-refractivity contribution in [2.75, 3.05) is 18.9 Å². The third kappa shape index (κ3) is 4.28. The number of rotatable bonds is 5. The van der Waals surface area contributed by atoms with Gasteiger partial charge in [0.2, 0.25) is 5.91 Å². The zero-order valence-electron chi connectivity index (χ0n) is 11.3.